The van der Waals surface area contributed by atoms with E-state index in [1.165, 1.54) is 29.7 Å². The zero-order valence-electron chi connectivity index (χ0n) is 13.1. The van der Waals surface area contributed by atoms with Crippen molar-refractivity contribution in [3.05, 3.63) is 29.8 Å². The lowest BCUT2D eigenvalue weighted by Gasteiger charge is -2.25. The van der Waals surface area contributed by atoms with Gasteiger partial charge in [0.05, 0.1) is 0 Å². The highest BCUT2D eigenvalue weighted by atomic mass is 32.2. The van der Waals surface area contributed by atoms with E-state index in [4.69, 9.17) is 0 Å². The fourth-order valence-electron chi connectivity index (χ4n) is 2.22. The van der Waals surface area contributed by atoms with Crippen molar-refractivity contribution >= 4 is 11.8 Å². The molecular weight excluding hydrogens is 250 g/mol. The minimum absolute atomic E-state index is 0.403. The van der Waals surface area contributed by atoms with Gasteiger partial charge in [0.25, 0.3) is 0 Å². The van der Waals surface area contributed by atoms with Crippen LogP contribution in [0.3, 0.4) is 0 Å². The smallest absolute Gasteiger partial charge is 0.0331 e. The van der Waals surface area contributed by atoms with Crippen LogP contribution in [0.5, 0.6) is 0 Å². The highest BCUT2D eigenvalue weighted by Crippen LogP contribution is 2.32. The second-order valence-corrected chi connectivity index (χ2v) is 7.20. The predicted octanol–water partition coefficient (Wildman–Crippen LogP) is 5.28. The van der Waals surface area contributed by atoms with Crippen LogP contribution in [-0.4, -0.2) is 12.8 Å². The molecule has 0 amide bonds. The van der Waals surface area contributed by atoms with E-state index < -0.39 is 0 Å². The average Bonchev–Trinajstić information content (AvgIpc) is 2.38. The summed E-state index contributed by atoms with van der Waals surface area (Å²) in [5.41, 5.74) is 1.87. The van der Waals surface area contributed by atoms with Gasteiger partial charge < -0.3 is 5.32 Å². The molecule has 0 spiro atoms. The molecule has 0 aromatic heterocycles. The third kappa shape index (κ3) is 6.01. The number of hydrogen-bond acceptors (Lipinski definition) is 2. The fraction of sp³-hybridized carbons (Fsp3) is 0.647. The van der Waals surface area contributed by atoms with E-state index >= 15 is 0 Å². The third-order valence-corrected chi connectivity index (χ3v) is 4.15. The van der Waals surface area contributed by atoms with E-state index in [2.05, 4.69) is 63.5 Å². The molecule has 0 aliphatic rings. The molecule has 0 saturated carbocycles. The van der Waals surface area contributed by atoms with Crippen LogP contribution in [0.25, 0.3) is 0 Å². The van der Waals surface area contributed by atoms with E-state index in [-0.39, 0.29) is 0 Å². The van der Waals surface area contributed by atoms with Crippen molar-refractivity contribution in [1.29, 1.82) is 0 Å². The number of rotatable bonds is 7. The van der Waals surface area contributed by atoms with E-state index in [0.717, 1.165) is 6.54 Å². The number of benzene rings is 1. The Labute approximate surface area is 123 Å². The summed E-state index contributed by atoms with van der Waals surface area (Å²) < 4.78 is 0. The van der Waals surface area contributed by atoms with Gasteiger partial charge in [0.15, 0.2) is 0 Å². The van der Waals surface area contributed by atoms with Gasteiger partial charge in [0, 0.05) is 10.9 Å². The maximum Gasteiger partial charge on any atom is 0.0331 e. The van der Waals surface area contributed by atoms with Crippen LogP contribution in [-0.2, 0) is 0 Å². The molecule has 108 valence electrons. The summed E-state index contributed by atoms with van der Waals surface area (Å²) in [5, 5.41) is 3.72. The Bertz CT molecular complexity index is 368. The van der Waals surface area contributed by atoms with Crippen molar-refractivity contribution in [2.24, 2.45) is 5.41 Å². The van der Waals surface area contributed by atoms with Crippen molar-refractivity contribution in [1.82, 2.24) is 5.32 Å². The van der Waals surface area contributed by atoms with Gasteiger partial charge in [-0.3, -0.25) is 0 Å². The Kier molecular flexibility index (Phi) is 6.95. The molecule has 0 radical (unpaired) electrons. The first-order valence-electron chi connectivity index (χ1n) is 7.34. The Balaban J connectivity index is 2.82. The van der Waals surface area contributed by atoms with Gasteiger partial charge in [-0.1, -0.05) is 45.9 Å². The van der Waals surface area contributed by atoms with Gasteiger partial charge in [0.2, 0.25) is 0 Å². The van der Waals surface area contributed by atoms with Gasteiger partial charge in [0.1, 0.15) is 0 Å². The largest absolute Gasteiger partial charge is 0.310 e. The second kappa shape index (κ2) is 7.96. The first-order valence-corrected chi connectivity index (χ1v) is 8.56. The van der Waals surface area contributed by atoms with Crippen molar-refractivity contribution in [3.63, 3.8) is 0 Å². The SMILES string of the molecule is CCCNC(CCC(C)(C)C)c1ccccc1SC. The Morgan fingerprint density at radius 1 is 1.21 bits per heavy atom. The van der Waals surface area contributed by atoms with Crippen LogP contribution >= 0.6 is 11.8 Å². The van der Waals surface area contributed by atoms with Crippen LogP contribution in [0, 0.1) is 5.41 Å². The number of nitrogens with one attached hydrogen (secondary N) is 1. The minimum atomic E-state index is 0.403. The molecule has 1 aromatic carbocycles. The molecule has 0 aliphatic heterocycles. The van der Waals surface area contributed by atoms with Crippen LogP contribution in [0.4, 0.5) is 0 Å². The van der Waals surface area contributed by atoms with Crippen LogP contribution in [0.1, 0.15) is 58.6 Å². The molecule has 0 bridgehead atoms. The first-order chi connectivity index (χ1) is 8.98. The molecule has 0 aliphatic carbocycles. The molecule has 2 heteroatoms. The molecule has 1 aromatic rings. The molecule has 0 saturated heterocycles. The van der Waals surface area contributed by atoms with Gasteiger partial charge in [-0.05, 0) is 49.1 Å². The van der Waals surface area contributed by atoms with Crippen LogP contribution < -0.4 is 5.32 Å². The van der Waals surface area contributed by atoms with E-state index in [1.54, 1.807) is 0 Å². The summed E-state index contributed by atoms with van der Waals surface area (Å²) in [6.07, 6.45) is 5.81. The third-order valence-electron chi connectivity index (χ3n) is 3.34. The summed E-state index contributed by atoms with van der Waals surface area (Å²) in [7, 11) is 0. The van der Waals surface area contributed by atoms with E-state index in [0.29, 0.717) is 11.5 Å². The maximum atomic E-state index is 3.72. The Hall–Kier alpha value is -0.470. The molecule has 1 atom stereocenters. The monoisotopic (exact) mass is 279 g/mol. The van der Waals surface area contributed by atoms with Gasteiger partial charge in [-0.2, -0.15) is 0 Å². The molecule has 0 fully saturated rings. The summed E-state index contributed by atoms with van der Waals surface area (Å²) in [5.74, 6) is 0. The lowest BCUT2D eigenvalue weighted by atomic mass is 9.87. The first kappa shape index (κ1) is 16.6. The van der Waals surface area contributed by atoms with Gasteiger partial charge >= 0.3 is 0 Å². The van der Waals surface area contributed by atoms with Gasteiger partial charge in [-0.25, -0.2) is 0 Å². The maximum absolute atomic E-state index is 3.72. The Morgan fingerprint density at radius 3 is 2.47 bits per heavy atom. The molecule has 1 unspecified atom stereocenters. The molecular formula is C17H29NS. The molecule has 1 N–H and O–H groups in total. The van der Waals surface area contributed by atoms with Crippen LogP contribution in [0.2, 0.25) is 0 Å². The lowest BCUT2D eigenvalue weighted by Crippen LogP contribution is -2.24. The standard InChI is InChI=1S/C17H29NS/c1-6-13-18-15(11-12-17(2,3)4)14-9-7-8-10-16(14)19-5/h7-10,15,18H,6,11-13H2,1-5H3. The minimum Gasteiger partial charge on any atom is -0.310 e. The molecule has 1 rings (SSSR count). The predicted molar refractivity (Wildman–Crippen MR) is 87.9 cm³/mol. The van der Waals surface area contributed by atoms with Gasteiger partial charge in [-0.15, -0.1) is 11.8 Å². The average molecular weight is 279 g/mol. The second-order valence-electron chi connectivity index (χ2n) is 6.35. The molecule has 1 nitrogen and oxygen atoms in total. The summed E-state index contributed by atoms with van der Waals surface area (Å²) in [6.45, 7) is 10.3. The zero-order chi connectivity index (χ0) is 14.3. The Morgan fingerprint density at radius 2 is 1.89 bits per heavy atom. The number of thioether (sulfide) groups is 1. The normalized spacial score (nSPS) is 13.5. The zero-order valence-corrected chi connectivity index (χ0v) is 13.9. The summed E-state index contributed by atoms with van der Waals surface area (Å²) in [4.78, 5) is 1.41. The van der Waals surface area contributed by atoms with E-state index in [9.17, 15) is 0 Å². The summed E-state index contributed by atoms with van der Waals surface area (Å²) in [6, 6.07) is 9.30. The quantitative estimate of drug-likeness (QED) is 0.682. The number of hydrogen-bond donors (Lipinski definition) is 1. The molecule has 0 heterocycles. The fourth-order valence-corrected chi connectivity index (χ4v) is 2.88. The van der Waals surface area contributed by atoms with Crippen molar-refractivity contribution in [2.75, 3.05) is 12.8 Å². The lowest BCUT2D eigenvalue weighted by molar-refractivity contribution is 0.331. The van der Waals surface area contributed by atoms with Crippen molar-refractivity contribution in [3.8, 4) is 0 Å². The highest BCUT2D eigenvalue weighted by Gasteiger charge is 2.18. The van der Waals surface area contributed by atoms with Crippen molar-refractivity contribution in [2.45, 2.75) is 57.9 Å². The van der Waals surface area contributed by atoms with Crippen molar-refractivity contribution < 1.29 is 0 Å². The van der Waals surface area contributed by atoms with Crippen LogP contribution in [0.15, 0.2) is 29.2 Å². The molecule has 19 heavy (non-hydrogen) atoms. The van der Waals surface area contributed by atoms with E-state index in [1.807, 2.05) is 11.8 Å². The summed E-state index contributed by atoms with van der Waals surface area (Å²) >= 11 is 1.85. The topological polar surface area (TPSA) is 12.0 Å². The highest BCUT2D eigenvalue weighted by molar-refractivity contribution is 7.98.